The van der Waals surface area contributed by atoms with E-state index in [-0.39, 0.29) is 30.2 Å². The quantitative estimate of drug-likeness (QED) is 0.471. The van der Waals surface area contributed by atoms with Crippen LogP contribution >= 0.6 is 0 Å². The Bertz CT molecular complexity index is 718. The van der Waals surface area contributed by atoms with Crippen LogP contribution in [0.1, 0.15) is 20.7 Å². The molecule has 0 aliphatic rings. The van der Waals surface area contributed by atoms with Gasteiger partial charge >= 0.3 is 0 Å². The second-order valence-corrected chi connectivity index (χ2v) is 4.53. The molecule has 1 aromatic heterocycles. The number of benzene rings is 1. The zero-order valence-corrected chi connectivity index (χ0v) is 12.1. The highest BCUT2D eigenvalue weighted by atomic mass is 16.6. The lowest BCUT2D eigenvalue weighted by molar-refractivity contribution is -0.385. The number of pyridine rings is 1. The van der Waals surface area contributed by atoms with Crippen molar-refractivity contribution in [2.45, 2.75) is 0 Å². The molecule has 0 radical (unpaired) electrons. The van der Waals surface area contributed by atoms with Crippen LogP contribution in [0.3, 0.4) is 0 Å². The van der Waals surface area contributed by atoms with Gasteiger partial charge in [0, 0.05) is 31.5 Å². The first kappa shape index (κ1) is 16.1. The molecule has 2 aromatic rings. The number of rotatable bonds is 6. The van der Waals surface area contributed by atoms with Crippen molar-refractivity contribution in [3.05, 3.63) is 70.0 Å². The van der Waals surface area contributed by atoms with Gasteiger partial charge in [-0.15, -0.1) is 0 Å². The Morgan fingerprint density at radius 1 is 1.04 bits per heavy atom. The maximum Gasteiger partial charge on any atom is 0.282 e. The predicted octanol–water partition coefficient (Wildman–Crippen LogP) is 1.15. The molecule has 0 unspecified atom stereocenters. The van der Waals surface area contributed by atoms with E-state index in [1.54, 1.807) is 24.4 Å². The van der Waals surface area contributed by atoms with Gasteiger partial charge in [-0.3, -0.25) is 24.7 Å². The molecular formula is C15H14N4O4. The second-order valence-electron chi connectivity index (χ2n) is 4.53. The minimum atomic E-state index is -0.612. The van der Waals surface area contributed by atoms with Gasteiger partial charge in [0.1, 0.15) is 5.56 Å². The lowest BCUT2D eigenvalue weighted by atomic mass is 10.1. The van der Waals surface area contributed by atoms with Crippen LogP contribution in [-0.2, 0) is 0 Å². The van der Waals surface area contributed by atoms with Gasteiger partial charge in [0.25, 0.3) is 17.5 Å². The topological polar surface area (TPSA) is 114 Å². The van der Waals surface area contributed by atoms with E-state index in [1.807, 2.05) is 0 Å². The number of hydrogen-bond donors (Lipinski definition) is 2. The van der Waals surface area contributed by atoms with Gasteiger partial charge in [0.2, 0.25) is 0 Å². The lowest BCUT2D eigenvalue weighted by Crippen LogP contribution is -2.34. The van der Waals surface area contributed by atoms with Crippen LogP contribution in [0.15, 0.2) is 48.8 Å². The van der Waals surface area contributed by atoms with Gasteiger partial charge in [0.15, 0.2) is 0 Å². The number of carbonyl (C=O) groups excluding carboxylic acids is 2. The summed E-state index contributed by atoms with van der Waals surface area (Å²) < 4.78 is 0. The van der Waals surface area contributed by atoms with Crippen molar-refractivity contribution < 1.29 is 14.5 Å². The standard InChI is InChI=1S/C15H14N4O4/c20-14(11-4-3-7-16-10-11)17-8-9-18-15(21)12-5-1-2-6-13(12)19(22)23/h1-7,10H,8-9H2,(H,17,20)(H,18,21). The summed E-state index contributed by atoms with van der Waals surface area (Å²) >= 11 is 0. The van der Waals surface area contributed by atoms with E-state index in [0.717, 1.165) is 0 Å². The Hall–Kier alpha value is -3.29. The van der Waals surface area contributed by atoms with Crippen LogP contribution < -0.4 is 10.6 Å². The molecule has 1 aromatic carbocycles. The molecule has 8 heteroatoms. The zero-order chi connectivity index (χ0) is 16.7. The van der Waals surface area contributed by atoms with Crippen LogP contribution in [0.25, 0.3) is 0 Å². The van der Waals surface area contributed by atoms with Gasteiger partial charge in [-0.25, -0.2) is 0 Å². The highest BCUT2D eigenvalue weighted by Gasteiger charge is 2.18. The minimum Gasteiger partial charge on any atom is -0.350 e. The van der Waals surface area contributed by atoms with E-state index in [1.165, 1.54) is 24.4 Å². The van der Waals surface area contributed by atoms with Crippen molar-refractivity contribution in [1.82, 2.24) is 15.6 Å². The van der Waals surface area contributed by atoms with Crippen LogP contribution in [-0.4, -0.2) is 34.8 Å². The first-order valence-corrected chi connectivity index (χ1v) is 6.79. The first-order chi connectivity index (χ1) is 11.1. The van der Waals surface area contributed by atoms with Crippen molar-refractivity contribution in [1.29, 1.82) is 0 Å². The highest BCUT2D eigenvalue weighted by molar-refractivity contribution is 5.98. The summed E-state index contributed by atoms with van der Waals surface area (Å²) in [6, 6.07) is 8.94. The Labute approximate surface area is 131 Å². The van der Waals surface area contributed by atoms with Crippen molar-refractivity contribution in [2.75, 3.05) is 13.1 Å². The van der Waals surface area contributed by atoms with E-state index < -0.39 is 10.8 Å². The Balaban J connectivity index is 1.84. The van der Waals surface area contributed by atoms with Gasteiger partial charge in [0.05, 0.1) is 10.5 Å². The molecular weight excluding hydrogens is 300 g/mol. The van der Waals surface area contributed by atoms with Crippen molar-refractivity contribution in [2.24, 2.45) is 0 Å². The number of hydrogen-bond acceptors (Lipinski definition) is 5. The van der Waals surface area contributed by atoms with E-state index in [2.05, 4.69) is 15.6 Å². The molecule has 0 saturated heterocycles. The summed E-state index contributed by atoms with van der Waals surface area (Å²) in [7, 11) is 0. The van der Waals surface area contributed by atoms with Crippen molar-refractivity contribution in [3.8, 4) is 0 Å². The fourth-order valence-electron chi connectivity index (χ4n) is 1.87. The summed E-state index contributed by atoms with van der Waals surface area (Å²) in [6.45, 7) is 0.344. The molecule has 0 fully saturated rings. The van der Waals surface area contributed by atoms with Gasteiger partial charge in [-0.05, 0) is 18.2 Å². The summed E-state index contributed by atoms with van der Waals surface area (Å²) in [5.41, 5.74) is 0.137. The van der Waals surface area contributed by atoms with Gasteiger partial charge in [-0.2, -0.15) is 0 Å². The monoisotopic (exact) mass is 314 g/mol. The van der Waals surface area contributed by atoms with E-state index in [4.69, 9.17) is 0 Å². The predicted molar refractivity (Wildman–Crippen MR) is 82.0 cm³/mol. The van der Waals surface area contributed by atoms with E-state index in [9.17, 15) is 19.7 Å². The number of nitrogens with one attached hydrogen (secondary N) is 2. The zero-order valence-electron chi connectivity index (χ0n) is 12.1. The highest BCUT2D eigenvalue weighted by Crippen LogP contribution is 2.16. The summed E-state index contributed by atoms with van der Waals surface area (Å²) in [5, 5.41) is 16.0. The SMILES string of the molecule is O=C(NCCNC(=O)c1ccccc1[N+](=O)[O-])c1cccnc1. The molecule has 0 atom stereocenters. The number of para-hydroxylation sites is 1. The fraction of sp³-hybridized carbons (Fsp3) is 0.133. The molecule has 0 saturated carbocycles. The van der Waals surface area contributed by atoms with Crippen molar-refractivity contribution >= 4 is 17.5 Å². The first-order valence-electron chi connectivity index (χ1n) is 6.79. The molecule has 0 spiro atoms. The van der Waals surface area contributed by atoms with Crippen LogP contribution in [0, 0.1) is 10.1 Å². The minimum absolute atomic E-state index is 0.0175. The van der Waals surface area contributed by atoms with Crippen LogP contribution in [0.5, 0.6) is 0 Å². The third kappa shape index (κ3) is 4.34. The number of nitro benzene ring substituents is 1. The van der Waals surface area contributed by atoms with Crippen LogP contribution in [0.2, 0.25) is 0 Å². The maximum atomic E-state index is 11.9. The molecule has 0 aliphatic heterocycles. The Morgan fingerprint density at radius 3 is 2.39 bits per heavy atom. The van der Waals surface area contributed by atoms with E-state index >= 15 is 0 Å². The maximum absolute atomic E-state index is 11.9. The number of nitrogens with zero attached hydrogens (tertiary/aromatic N) is 2. The molecule has 0 bridgehead atoms. The molecule has 0 aliphatic carbocycles. The fourth-order valence-corrected chi connectivity index (χ4v) is 1.87. The number of nitro groups is 1. The molecule has 2 N–H and O–H groups in total. The Kier molecular flexibility index (Phi) is 5.35. The number of aromatic nitrogens is 1. The average molecular weight is 314 g/mol. The molecule has 2 rings (SSSR count). The summed E-state index contributed by atoms with van der Waals surface area (Å²) in [6.07, 6.45) is 2.99. The van der Waals surface area contributed by atoms with Gasteiger partial charge in [-0.1, -0.05) is 12.1 Å². The molecule has 118 valence electrons. The average Bonchev–Trinajstić information content (AvgIpc) is 2.59. The molecule has 8 nitrogen and oxygen atoms in total. The molecule has 2 amide bonds. The third-order valence-electron chi connectivity index (χ3n) is 2.97. The third-order valence-corrected chi connectivity index (χ3v) is 2.97. The van der Waals surface area contributed by atoms with Crippen LogP contribution in [0.4, 0.5) is 5.69 Å². The Morgan fingerprint density at radius 2 is 1.74 bits per heavy atom. The lowest BCUT2D eigenvalue weighted by Gasteiger charge is -2.07. The summed E-state index contributed by atoms with van der Waals surface area (Å²) in [5.74, 6) is -0.869. The molecule has 1 heterocycles. The number of amides is 2. The number of carbonyl (C=O) groups is 2. The molecule has 23 heavy (non-hydrogen) atoms. The summed E-state index contributed by atoms with van der Waals surface area (Å²) in [4.78, 5) is 37.8. The largest absolute Gasteiger partial charge is 0.350 e. The second kappa shape index (κ2) is 7.64. The van der Waals surface area contributed by atoms with Crippen molar-refractivity contribution in [3.63, 3.8) is 0 Å². The smallest absolute Gasteiger partial charge is 0.282 e. The van der Waals surface area contributed by atoms with E-state index in [0.29, 0.717) is 5.56 Å². The normalized spacial score (nSPS) is 9.91. The van der Waals surface area contributed by atoms with Gasteiger partial charge < -0.3 is 10.6 Å².